The van der Waals surface area contributed by atoms with Crippen molar-refractivity contribution in [1.29, 1.82) is 0 Å². The summed E-state index contributed by atoms with van der Waals surface area (Å²) in [5, 5.41) is 0. The predicted molar refractivity (Wildman–Crippen MR) is 104 cm³/mol. The molecule has 0 amide bonds. The minimum Gasteiger partial charge on any atom is -0.381 e. The van der Waals surface area contributed by atoms with Crippen LogP contribution >= 0.6 is 0 Å². The first-order valence-electron chi connectivity index (χ1n) is 10.2. The van der Waals surface area contributed by atoms with Crippen LogP contribution in [0.5, 0.6) is 0 Å². The molecule has 2 aliphatic rings. The van der Waals surface area contributed by atoms with Gasteiger partial charge in [-0.05, 0) is 62.0 Å². The third-order valence-electron chi connectivity index (χ3n) is 5.95. The fraction of sp³-hybridized carbons (Fsp3) is 0.652. The van der Waals surface area contributed by atoms with Crippen LogP contribution in [0.25, 0.3) is 0 Å². The quantitative estimate of drug-likeness (QED) is 0.621. The van der Waals surface area contributed by atoms with Crippen molar-refractivity contribution in [3.8, 4) is 0 Å². The Morgan fingerprint density at radius 2 is 1.76 bits per heavy atom. The summed E-state index contributed by atoms with van der Waals surface area (Å²) < 4.78 is 11.6. The van der Waals surface area contributed by atoms with E-state index in [-0.39, 0.29) is 0 Å². The second-order valence-electron chi connectivity index (χ2n) is 7.80. The van der Waals surface area contributed by atoms with Crippen molar-refractivity contribution < 1.29 is 9.47 Å². The third kappa shape index (κ3) is 5.43. The molecular formula is C23H34O2. The normalized spacial score (nSPS) is 30.6. The number of hydrogen-bond acceptors (Lipinski definition) is 2. The summed E-state index contributed by atoms with van der Waals surface area (Å²) >= 11 is 0. The van der Waals surface area contributed by atoms with Crippen molar-refractivity contribution in [3.63, 3.8) is 0 Å². The second kappa shape index (κ2) is 9.54. The monoisotopic (exact) mass is 342 g/mol. The Morgan fingerprint density at radius 1 is 1.00 bits per heavy atom. The van der Waals surface area contributed by atoms with Crippen LogP contribution in [0, 0.1) is 5.92 Å². The highest BCUT2D eigenvalue weighted by Gasteiger charge is 2.23. The van der Waals surface area contributed by atoms with Crippen LogP contribution in [-0.2, 0) is 15.9 Å². The number of hydrogen-bond donors (Lipinski definition) is 0. The van der Waals surface area contributed by atoms with Crippen molar-refractivity contribution in [2.45, 2.75) is 76.4 Å². The molecule has 0 N–H and O–H groups in total. The highest BCUT2D eigenvalue weighted by atomic mass is 16.5. The van der Waals surface area contributed by atoms with E-state index < -0.39 is 0 Å². The molecule has 1 aromatic carbocycles. The van der Waals surface area contributed by atoms with Gasteiger partial charge in [0.2, 0.25) is 0 Å². The number of ether oxygens (including phenoxy) is 2. The lowest BCUT2D eigenvalue weighted by molar-refractivity contribution is 0.0319. The van der Waals surface area contributed by atoms with Gasteiger partial charge in [0, 0.05) is 13.0 Å². The van der Waals surface area contributed by atoms with Gasteiger partial charge in [-0.25, -0.2) is 0 Å². The number of benzene rings is 1. The minimum absolute atomic E-state index is 0.316. The molecule has 1 aromatic rings. The van der Waals surface area contributed by atoms with Gasteiger partial charge in [0.05, 0.1) is 18.8 Å². The molecular weight excluding hydrogens is 308 g/mol. The smallest absolute Gasteiger partial charge is 0.0756 e. The van der Waals surface area contributed by atoms with E-state index in [0.29, 0.717) is 18.1 Å². The predicted octanol–water partition coefficient (Wildman–Crippen LogP) is 5.66. The van der Waals surface area contributed by atoms with Gasteiger partial charge in [0.25, 0.3) is 0 Å². The van der Waals surface area contributed by atoms with Crippen LogP contribution in [0.2, 0.25) is 0 Å². The average Bonchev–Trinajstić information content (AvgIpc) is 2.68. The lowest BCUT2D eigenvalue weighted by atomic mass is 9.86. The van der Waals surface area contributed by atoms with Gasteiger partial charge < -0.3 is 9.47 Å². The van der Waals surface area contributed by atoms with Crippen molar-refractivity contribution >= 4 is 0 Å². The van der Waals surface area contributed by atoms with Crippen LogP contribution in [0.15, 0.2) is 36.4 Å². The summed E-state index contributed by atoms with van der Waals surface area (Å²) in [7, 11) is 1.84. The summed E-state index contributed by atoms with van der Waals surface area (Å²) in [5.41, 5.74) is 2.90. The standard InChI is InChI=1S/C23H34O2/c1-3-4-18-5-10-20(11-6-18)21-12-16-23(25-17-21)15-9-19-7-13-22(24-2)14-8-19/h5-6,9-11,15,19,21-23H,3-4,7-8,12-14,16-17H2,1-2H3. The molecule has 1 saturated carbocycles. The first-order chi connectivity index (χ1) is 12.3. The molecule has 2 unspecified atom stereocenters. The maximum absolute atomic E-state index is 6.14. The topological polar surface area (TPSA) is 18.5 Å². The Labute approximate surface area is 153 Å². The Kier molecular flexibility index (Phi) is 7.12. The lowest BCUT2D eigenvalue weighted by Gasteiger charge is -2.29. The first kappa shape index (κ1) is 18.7. The zero-order chi connectivity index (χ0) is 17.5. The number of rotatable bonds is 6. The summed E-state index contributed by atoms with van der Waals surface area (Å²) in [6.45, 7) is 3.10. The van der Waals surface area contributed by atoms with Gasteiger partial charge in [-0.3, -0.25) is 0 Å². The van der Waals surface area contributed by atoms with Gasteiger partial charge in [-0.2, -0.15) is 0 Å². The lowest BCUT2D eigenvalue weighted by Crippen LogP contribution is -2.24. The van der Waals surface area contributed by atoms with Crippen molar-refractivity contribution in [2.75, 3.05) is 13.7 Å². The molecule has 2 heteroatoms. The molecule has 2 fully saturated rings. The van der Waals surface area contributed by atoms with E-state index in [1.54, 1.807) is 0 Å². The van der Waals surface area contributed by atoms with Crippen molar-refractivity contribution in [1.82, 2.24) is 0 Å². The molecule has 138 valence electrons. The summed E-state index contributed by atoms with van der Waals surface area (Å²) in [4.78, 5) is 0. The fourth-order valence-corrected chi connectivity index (χ4v) is 4.23. The van der Waals surface area contributed by atoms with Crippen LogP contribution in [0.3, 0.4) is 0 Å². The molecule has 1 saturated heterocycles. The van der Waals surface area contributed by atoms with Gasteiger partial charge in [0.1, 0.15) is 0 Å². The molecule has 0 bridgehead atoms. The summed E-state index contributed by atoms with van der Waals surface area (Å²) in [6.07, 6.45) is 15.2. The third-order valence-corrected chi connectivity index (χ3v) is 5.95. The van der Waals surface area contributed by atoms with Gasteiger partial charge in [-0.15, -0.1) is 0 Å². The second-order valence-corrected chi connectivity index (χ2v) is 7.80. The largest absolute Gasteiger partial charge is 0.381 e. The van der Waals surface area contributed by atoms with Crippen LogP contribution in [0.1, 0.15) is 68.9 Å². The van der Waals surface area contributed by atoms with Crippen molar-refractivity contribution in [2.24, 2.45) is 5.92 Å². The highest BCUT2D eigenvalue weighted by molar-refractivity contribution is 5.26. The van der Waals surface area contributed by atoms with E-state index in [1.807, 2.05) is 7.11 Å². The first-order valence-corrected chi connectivity index (χ1v) is 10.2. The van der Waals surface area contributed by atoms with Crippen LogP contribution < -0.4 is 0 Å². The number of methoxy groups -OCH3 is 1. The molecule has 0 aromatic heterocycles. The van der Waals surface area contributed by atoms with Crippen molar-refractivity contribution in [3.05, 3.63) is 47.5 Å². The fourth-order valence-electron chi connectivity index (χ4n) is 4.23. The molecule has 2 atom stereocenters. The Bertz CT molecular complexity index is 518. The van der Waals surface area contributed by atoms with Crippen LogP contribution in [-0.4, -0.2) is 25.9 Å². The minimum atomic E-state index is 0.316. The molecule has 1 aliphatic heterocycles. The number of aryl methyl sites for hydroxylation is 1. The zero-order valence-electron chi connectivity index (χ0n) is 16.0. The molecule has 0 spiro atoms. The van der Waals surface area contributed by atoms with E-state index in [9.17, 15) is 0 Å². The van der Waals surface area contributed by atoms with E-state index >= 15 is 0 Å². The Balaban J connectivity index is 1.43. The molecule has 3 rings (SSSR count). The average molecular weight is 343 g/mol. The highest BCUT2D eigenvalue weighted by Crippen LogP contribution is 2.31. The van der Waals surface area contributed by atoms with Crippen LogP contribution in [0.4, 0.5) is 0 Å². The maximum Gasteiger partial charge on any atom is 0.0756 e. The molecule has 25 heavy (non-hydrogen) atoms. The van der Waals surface area contributed by atoms with E-state index in [1.165, 1.54) is 56.1 Å². The number of allylic oxidation sites excluding steroid dienone is 1. The van der Waals surface area contributed by atoms with Gasteiger partial charge in [0.15, 0.2) is 0 Å². The SMILES string of the molecule is CCCc1ccc(C2CCC(C=CC3CCC(OC)CC3)OC2)cc1. The Morgan fingerprint density at radius 3 is 2.36 bits per heavy atom. The van der Waals surface area contributed by atoms with E-state index in [0.717, 1.165) is 18.9 Å². The summed E-state index contributed by atoms with van der Waals surface area (Å²) in [5.74, 6) is 1.29. The molecule has 1 heterocycles. The zero-order valence-corrected chi connectivity index (χ0v) is 16.0. The molecule has 0 radical (unpaired) electrons. The van der Waals surface area contributed by atoms with Gasteiger partial charge in [-0.1, -0.05) is 49.8 Å². The van der Waals surface area contributed by atoms with E-state index in [2.05, 4.69) is 43.3 Å². The Hall–Kier alpha value is -1.12. The van der Waals surface area contributed by atoms with Gasteiger partial charge >= 0.3 is 0 Å². The summed E-state index contributed by atoms with van der Waals surface area (Å²) in [6, 6.07) is 9.20. The maximum atomic E-state index is 6.14. The molecule has 1 aliphatic carbocycles. The van der Waals surface area contributed by atoms with E-state index in [4.69, 9.17) is 9.47 Å². The molecule has 2 nitrogen and oxygen atoms in total.